The first-order chi connectivity index (χ1) is 11.3. The fourth-order valence-electron chi connectivity index (χ4n) is 2.52. The van der Waals surface area contributed by atoms with Crippen LogP contribution in [0.1, 0.15) is 0 Å². The number of benzene rings is 1. The first-order valence-corrected chi connectivity index (χ1v) is 9.14. The molecule has 1 aromatic carbocycles. The molecule has 0 unspecified atom stereocenters. The maximum atomic E-state index is 5.46. The van der Waals surface area contributed by atoms with Crippen molar-refractivity contribution in [2.75, 3.05) is 48.8 Å². The van der Waals surface area contributed by atoms with Gasteiger partial charge in [0.15, 0.2) is 4.34 Å². The molecule has 1 fully saturated rings. The SMILES string of the molecule is C#CCSc1nnc(N2CCN(c3ccccc3OC)CC2)s1. The van der Waals surface area contributed by atoms with Crippen LogP contribution in [0, 0.1) is 12.3 Å². The van der Waals surface area contributed by atoms with Crippen LogP contribution < -0.4 is 14.5 Å². The molecule has 0 saturated carbocycles. The number of methoxy groups -OCH3 is 1. The predicted octanol–water partition coefficient (Wildman–Crippen LogP) is 2.60. The highest BCUT2D eigenvalue weighted by atomic mass is 32.2. The third kappa shape index (κ3) is 3.71. The molecule has 3 rings (SSSR count). The van der Waals surface area contributed by atoms with Crippen molar-refractivity contribution in [1.29, 1.82) is 0 Å². The van der Waals surface area contributed by atoms with Crippen molar-refractivity contribution in [2.45, 2.75) is 4.34 Å². The lowest BCUT2D eigenvalue weighted by Gasteiger charge is -2.36. The van der Waals surface area contributed by atoms with E-state index in [-0.39, 0.29) is 0 Å². The number of hydrogen-bond donors (Lipinski definition) is 0. The van der Waals surface area contributed by atoms with E-state index in [9.17, 15) is 0 Å². The zero-order valence-corrected chi connectivity index (χ0v) is 14.6. The summed E-state index contributed by atoms with van der Waals surface area (Å²) >= 11 is 3.17. The van der Waals surface area contributed by atoms with E-state index in [1.54, 1.807) is 30.2 Å². The molecule has 0 N–H and O–H groups in total. The van der Waals surface area contributed by atoms with Crippen LogP contribution in [0.25, 0.3) is 0 Å². The Morgan fingerprint density at radius 1 is 1.22 bits per heavy atom. The third-order valence-electron chi connectivity index (χ3n) is 3.65. The summed E-state index contributed by atoms with van der Waals surface area (Å²) in [6, 6.07) is 8.15. The van der Waals surface area contributed by atoms with Crippen molar-refractivity contribution < 1.29 is 4.74 Å². The number of nitrogens with zero attached hydrogens (tertiary/aromatic N) is 4. The minimum Gasteiger partial charge on any atom is -0.495 e. The van der Waals surface area contributed by atoms with Crippen molar-refractivity contribution in [3.05, 3.63) is 24.3 Å². The molecule has 0 atom stereocenters. The van der Waals surface area contributed by atoms with E-state index in [1.165, 1.54) is 0 Å². The third-order valence-corrected chi connectivity index (χ3v) is 5.67. The van der Waals surface area contributed by atoms with E-state index in [0.29, 0.717) is 5.75 Å². The van der Waals surface area contributed by atoms with Gasteiger partial charge in [0.05, 0.1) is 18.6 Å². The van der Waals surface area contributed by atoms with E-state index in [1.807, 2.05) is 18.2 Å². The number of para-hydroxylation sites is 2. The predicted molar refractivity (Wildman–Crippen MR) is 96.9 cm³/mol. The molecule has 0 aliphatic carbocycles. The molecule has 0 spiro atoms. The number of aromatic nitrogens is 2. The minimum atomic E-state index is 0.635. The average molecular weight is 346 g/mol. The van der Waals surface area contributed by atoms with Gasteiger partial charge in [0, 0.05) is 26.2 Å². The Bertz CT molecular complexity index is 689. The number of hydrogen-bond acceptors (Lipinski definition) is 7. The largest absolute Gasteiger partial charge is 0.495 e. The van der Waals surface area contributed by atoms with Gasteiger partial charge in [0.2, 0.25) is 5.13 Å². The van der Waals surface area contributed by atoms with Gasteiger partial charge in [-0.1, -0.05) is 41.2 Å². The molecule has 2 aromatic rings. The second-order valence-electron chi connectivity index (χ2n) is 4.99. The number of rotatable bonds is 5. The molecule has 2 heterocycles. The quantitative estimate of drug-likeness (QED) is 0.612. The Morgan fingerprint density at radius 3 is 2.70 bits per heavy atom. The van der Waals surface area contributed by atoms with Gasteiger partial charge in [-0.15, -0.1) is 16.6 Å². The fourth-order valence-corrected chi connectivity index (χ4v) is 4.09. The Balaban J connectivity index is 1.62. The highest BCUT2D eigenvalue weighted by molar-refractivity contribution is 8.01. The van der Waals surface area contributed by atoms with E-state index < -0.39 is 0 Å². The van der Waals surface area contributed by atoms with Gasteiger partial charge in [-0.3, -0.25) is 0 Å². The normalized spacial score (nSPS) is 14.6. The molecular formula is C16H18N4OS2. The van der Waals surface area contributed by atoms with Crippen LogP contribution in [0.3, 0.4) is 0 Å². The fraction of sp³-hybridized carbons (Fsp3) is 0.375. The van der Waals surface area contributed by atoms with Gasteiger partial charge in [-0.25, -0.2) is 0 Å². The molecule has 1 aliphatic heterocycles. The molecule has 7 heteroatoms. The number of piperazine rings is 1. The first-order valence-electron chi connectivity index (χ1n) is 7.34. The highest BCUT2D eigenvalue weighted by Crippen LogP contribution is 2.31. The van der Waals surface area contributed by atoms with E-state index in [2.05, 4.69) is 32.0 Å². The number of thioether (sulfide) groups is 1. The topological polar surface area (TPSA) is 41.5 Å². The molecule has 1 aromatic heterocycles. The summed E-state index contributed by atoms with van der Waals surface area (Å²) in [5.74, 6) is 4.17. The zero-order chi connectivity index (χ0) is 16.1. The van der Waals surface area contributed by atoms with E-state index >= 15 is 0 Å². The summed E-state index contributed by atoms with van der Waals surface area (Å²) < 4.78 is 6.39. The maximum Gasteiger partial charge on any atom is 0.209 e. The Morgan fingerprint density at radius 2 is 1.96 bits per heavy atom. The van der Waals surface area contributed by atoms with Crippen LogP contribution in [-0.2, 0) is 0 Å². The lowest BCUT2D eigenvalue weighted by Crippen LogP contribution is -2.46. The number of anilines is 2. The maximum absolute atomic E-state index is 5.46. The minimum absolute atomic E-state index is 0.635. The first kappa shape index (κ1) is 16.0. The van der Waals surface area contributed by atoms with Gasteiger partial charge in [0.1, 0.15) is 5.75 Å². The van der Waals surface area contributed by atoms with Gasteiger partial charge in [-0.05, 0) is 12.1 Å². The molecule has 1 saturated heterocycles. The van der Waals surface area contributed by atoms with Crippen molar-refractivity contribution in [2.24, 2.45) is 0 Å². The number of ether oxygens (including phenoxy) is 1. The molecule has 0 bridgehead atoms. The summed E-state index contributed by atoms with van der Waals surface area (Å²) in [6.45, 7) is 3.72. The molecule has 23 heavy (non-hydrogen) atoms. The Kier molecular flexibility index (Phi) is 5.26. The van der Waals surface area contributed by atoms with Gasteiger partial charge < -0.3 is 14.5 Å². The van der Waals surface area contributed by atoms with Crippen molar-refractivity contribution in [1.82, 2.24) is 10.2 Å². The van der Waals surface area contributed by atoms with E-state index in [4.69, 9.17) is 11.2 Å². The van der Waals surface area contributed by atoms with Gasteiger partial charge >= 0.3 is 0 Å². The Hall–Kier alpha value is -1.91. The summed E-state index contributed by atoms with van der Waals surface area (Å²) in [5, 5.41) is 9.46. The standard InChI is InChI=1S/C16H18N4OS2/c1-3-12-22-16-18-17-15(23-16)20-10-8-19(9-11-20)13-6-4-5-7-14(13)21-2/h1,4-7H,8-12H2,2H3. The average Bonchev–Trinajstić information content (AvgIpc) is 3.09. The summed E-state index contributed by atoms with van der Waals surface area (Å²) in [7, 11) is 1.71. The molecule has 5 nitrogen and oxygen atoms in total. The monoisotopic (exact) mass is 346 g/mol. The van der Waals surface area contributed by atoms with Crippen LogP contribution in [0.2, 0.25) is 0 Å². The second-order valence-corrected chi connectivity index (χ2v) is 7.17. The van der Waals surface area contributed by atoms with Gasteiger partial charge in [0.25, 0.3) is 0 Å². The van der Waals surface area contributed by atoms with E-state index in [0.717, 1.165) is 47.1 Å². The smallest absolute Gasteiger partial charge is 0.209 e. The van der Waals surface area contributed by atoms with Crippen molar-refractivity contribution in [3.63, 3.8) is 0 Å². The zero-order valence-electron chi connectivity index (χ0n) is 12.9. The van der Waals surface area contributed by atoms with Gasteiger partial charge in [-0.2, -0.15) is 0 Å². The van der Waals surface area contributed by atoms with Crippen LogP contribution in [0.5, 0.6) is 5.75 Å². The number of terminal acetylenes is 1. The molecule has 0 radical (unpaired) electrons. The molecule has 0 amide bonds. The lowest BCUT2D eigenvalue weighted by atomic mass is 10.2. The van der Waals surface area contributed by atoms with Crippen molar-refractivity contribution in [3.8, 4) is 18.1 Å². The molecule has 120 valence electrons. The lowest BCUT2D eigenvalue weighted by molar-refractivity contribution is 0.413. The molecule has 1 aliphatic rings. The molecular weight excluding hydrogens is 328 g/mol. The van der Waals surface area contributed by atoms with Crippen LogP contribution in [-0.4, -0.2) is 49.2 Å². The Labute approximate surface area is 144 Å². The van der Waals surface area contributed by atoms with Crippen molar-refractivity contribution >= 4 is 33.9 Å². The highest BCUT2D eigenvalue weighted by Gasteiger charge is 2.22. The summed E-state index contributed by atoms with van der Waals surface area (Å²) in [6.07, 6.45) is 5.28. The second kappa shape index (κ2) is 7.57. The van der Waals surface area contributed by atoms with Crippen LogP contribution >= 0.6 is 23.1 Å². The van der Waals surface area contributed by atoms with Crippen LogP contribution in [0.4, 0.5) is 10.8 Å². The van der Waals surface area contributed by atoms with Crippen LogP contribution in [0.15, 0.2) is 28.6 Å². The summed E-state index contributed by atoms with van der Waals surface area (Å²) in [5.41, 5.74) is 1.15. The summed E-state index contributed by atoms with van der Waals surface area (Å²) in [4.78, 5) is 4.63.